The second-order valence-electron chi connectivity index (χ2n) is 5.95. The van der Waals surface area contributed by atoms with E-state index < -0.39 is 0 Å². The molecule has 0 aromatic heterocycles. The minimum absolute atomic E-state index is 0.238. The third-order valence-corrected chi connectivity index (χ3v) is 4.39. The van der Waals surface area contributed by atoms with Gasteiger partial charge in [-0.05, 0) is 48.2 Å². The number of carbonyl (C=O) groups excluding carboxylic acids is 1. The summed E-state index contributed by atoms with van der Waals surface area (Å²) in [6.07, 6.45) is 2.77. The molecule has 1 heterocycles. The first-order valence-corrected chi connectivity index (χ1v) is 8.43. The van der Waals surface area contributed by atoms with Gasteiger partial charge in [-0.3, -0.25) is 4.79 Å². The average molecular weight is 329 g/mol. The van der Waals surface area contributed by atoms with E-state index in [4.69, 9.17) is 11.6 Å². The predicted molar refractivity (Wildman–Crippen MR) is 94.7 cm³/mol. The summed E-state index contributed by atoms with van der Waals surface area (Å²) in [6, 6.07) is 15.9. The van der Waals surface area contributed by atoms with Crippen molar-refractivity contribution < 1.29 is 4.79 Å². The van der Waals surface area contributed by atoms with Crippen molar-refractivity contribution in [1.29, 1.82) is 0 Å². The van der Waals surface area contributed by atoms with Gasteiger partial charge in [-0.25, -0.2) is 0 Å². The molecule has 0 unspecified atom stereocenters. The number of nitrogens with zero attached hydrogens (tertiary/aromatic N) is 1. The zero-order chi connectivity index (χ0) is 16.1. The SMILES string of the molecule is O=C(Cc1ccc(NCc2cccc(Cl)c2)cc1)N1CCCC1. The van der Waals surface area contributed by atoms with Crippen LogP contribution in [0.2, 0.25) is 5.02 Å². The van der Waals surface area contributed by atoms with Crippen LogP contribution in [0.15, 0.2) is 48.5 Å². The van der Waals surface area contributed by atoms with Crippen LogP contribution >= 0.6 is 11.6 Å². The van der Waals surface area contributed by atoms with Crippen molar-refractivity contribution in [1.82, 2.24) is 4.90 Å². The van der Waals surface area contributed by atoms with Crippen LogP contribution in [-0.4, -0.2) is 23.9 Å². The zero-order valence-electron chi connectivity index (χ0n) is 13.1. The van der Waals surface area contributed by atoms with Gasteiger partial charge in [0, 0.05) is 30.3 Å². The van der Waals surface area contributed by atoms with Crippen LogP contribution < -0.4 is 5.32 Å². The van der Waals surface area contributed by atoms with Gasteiger partial charge in [-0.15, -0.1) is 0 Å². The molecule has 4 heteroatoms. The molecule has 0 radical (unpaired) electrons. The highest BCUT2D eigenvalue weighted by Gasteiger charge is 2.17. The third-order valence-electron chi connectivity index (χ3n) is 4.15. The predicted octanol–water partition coefficient (Wildman–Crippen LogP) is 4.12. The molecule has 0 saturated carbocycles. The molecule has 1 N–H and O–H groups in total. The van der Waals surface area contributed by atoms with Crippen LogP contribution in [0, 0.1) is 0 Å². The maximum Gasteiger partial charge on any atom is 0.226 e. The second kappa shape index (κ2) is 7.51. The maximum absolute atomic E-state index is 12.1. The Morgan fingerprint density at radius 3 is 2.48 bits per heavy atom. The molecule has 0 spiro atoms. The van der Waals surface area contributed by atoms with E-state index in [9.17, 15) is 4.79 Å². The van der Waals surface area contributed by atoms with Crippen molar-refractivity contribution in [3.05, 3.63) is 64.7 Å². The van der Waals surface area contributed by atoms with Crippen molar-refractivity contribution in [2.75, 3.05) is 18.4 Å². The quantitative estimate of drug-likeness (QED) is 0.895. The van der Waals surface area contributed by atoms with E-state index in [0.29, 0.717) is 6.42 Å². The number of amides is 1. The van der Waals surface area contributed by atoms with E-state index in [0.717, 1.165) is 54.3 Å². The molecule has 2 aromatic carbocycles. The summed E-state index contributed by atoms with van der Waals surface area (Å²) in [5, 5.41) is 4.12. The molecule has 23 heavy (non-hydrogen) atoms. The van der Waals surface area contributed by atoms with E-state index in [1.54, 1.807) is 0 Å². The number of hydrogen-bond acceptors (Lipinski definition) is 2. The lowest BCUT2D eigenvalue weighted by atomic mass is 10.1. The van der Waals surface area contributed by atoms with E-state index in [2.05, 4.69) is 5.32 Å². The van der Waals surface area contributed by atoms with Gasteiger partial charge in [0.25, 0.3) is 0 Å². The van der Waals surface area contributed by atoms with Crippen molar-refractivity contribution >= 4 is 23.2 Å². The zero-order valence-corrected chi connectivity index (χ0v) is 13.9. The standard InChI is InChI=1S/C19H21ClN2O/c20-17-5-3-4-16(12-17)14-21-18-8-6-15(7-9-18)13-19(23)22-10-1-2-11-22/h3-9,12,21H,1-2,10-11,13-14H2. The summed E-state index contributed by atoms with van der Waals surface area (Å²) < 4.78 is 0. The topological polar surface area (TPSA) is 32.3 Å². The minimum atomic E-state index is 0.238. The normalized spacial score (nSPS) is 14.0. The van der Waals surface area contributed by atoms with Crippen molar-refractivity contribution in [2.45, 2.75) is 25.8 Å². The van der Waals surface area contributed by atoms with Crippen molar-refractivity contribution in [3.63, 3.8) is 0 Å². The maximum atomic E-state index is 12.1. The van der Waals surface area contributed by atoms with E-state index >= 15 is 0 Å². The summed E-state index contributed by atoms with van der Waals surface area (Å²) in [5.74, 6) is 0.238. The Kier molecular flexibility index (Phi) is 5.19. The lowest BCUT2D eigenvalue weighted by molar-refractivity contribution is -0.129. The number of nitrogens with one attached hydrogen (secondary N) is 1. The summed E-state index contributed by atoms with van der Waals surface area (Å²) in [4.78, 5) is 14.1. The fraction of sp³-hybridized carbons (Fsp3) is 0.316. The highest BCUT2D eigenvalue weighted by molar-refractivity contribution is 6.30. The Hall–Kier alpha value is -2.00. The molecule has 1 aliphatic heterocycles. The lowest BCUT2D eigenvalue weighted by Gasteiger charge is -2.15. The van der Waals surface area contributed by atoms with E-state index in [-0.39, 0.29) is 5.91 Å². The van der Waals surface area contributed by atoms with E-state index in [1.807, 2.05) is 53.4 Å². The highest BCUT2D eigenvalue weighted by Crippen LogP contribution is 2.16. The van der Waals surface area contributed by atoms with Gasteiger partial charge >= 0.3 is 0 Å². The van der Waals surface area contributed by atoms with Gasteiger partial charge in [0.05, 0.1) is 6.42 Å². The van der Waals surface area contributed by atoms with Gasteiger partial charge in [0.15, 0.2) is 0 Å². The largest absolute Gasteiger partial charge is 0.381 e. The Bertz CT molecular complexity index is 663. The van der Waals surface area contributed by atoms with E-state index in [1.165, 1.54) is 0 Å². The number of carbonyl (C=O) groups is 1. The smallest absolute Gasteiger partial charge is 0.226 e. The minimum Gasteiger partial charge on any atom is -0.381 e. The highest BCUT2D eigenvalue weighted by atomic mass is 35.5. The molecule has 3 rings (SSSR count). The molecule has 0 aliphatic carbocycles. The summed E-state index contributed by atoms with van der Waals surface area (Å²) in [6.45, 7) is 2.56. The Morgan fingerprint density at radius 1 is 1.04 bits per heavy atom. The monoisotopic (exact) mass is 328 g/mol. The van der Waals surface area contributed by atoms with Crippen LogP contribution in [0.1, 0.15) is 24.0 Å². The first-order chi connectivity index (χ1) is 11.2. The van der Waals surface area contributed by atoms with Crippen LogP contribution in [0.4, 0.5) is 5.69 Å². The Labute approximate surface area is 142 Å². The lowest BCUT2D eigenvalue weighted by Crippen LogP contribution is -2.29. The van der Waals surface area contributed by atoms with Gasteiger partial charge in [-0.1, -0.05) is 35.9 Å². The molecule has 1 amide bonds. The molecule has 120 valence electrons. The molecular formula is C19H21ClN2O. The molecular weight excluding hydrogens is 308 g/mol. The first kappa shape index (κ1) is 15.9. The molecule has 3 nitrogen and oxygen atoms in total. The number of anilines is 1. The Morgan fingerprint density at radius 2 is 1.78 bits per heavy atom. The number of halogens is 1. The number of likely N-dealkylation sites (tertiary alicyclic amines) is 1. The Balaban J connectivity index is 1.53. The fourth-order valence-corrected chi connectivity index (χ4v) is 3.06. The van der Waals surface area contributed by atoms with Gasteiger partial charge in [0.1, 0.15) is 0 Å². The fourth-order valence-electron chi connectivity index (χ4n) is 2.84. The van der Waals surface area contributed by atoms with Gasteiger partial charge in [0.2, 0.25) is 5.91 Å². The molecule has 0 bridgehead atoms. The first-order valence-electron chi connectivity index (χ1n) is 8.06. The number of rotatable bonds is 5. The molecule has 1 fully saturated rings. The second-order valence-corrected chi connectivity index (χ2v) is 6.38. The van der Waals surface area contributed by atoms with Crippen LogP contribution in [-0.2, 0) is 17.8 Å². The van der Waals surface area contributed by atoms with Crippen LogP contribution in [0.3, 0.4) is 0 Å². The average Bonchev–Trinajstić information content (AvgIpc) is 3.09. The third kappa shape index (κ3) is 4.49. The van der Waals surface area contributed by atoms with Gasteiger partial charge in [-0.2, -0.15) is 0 Å². The van der Waals surface area contributed by atoms with Gasteiger partial charge < -0.3 is 10.2 Å². The number of hydrogen-bond donors (Lipinski definition) is 1. The van der Waals surface area contributed by atoms with Crippen LogP contribution in [0.5, 0.6) is 0 Å². The summed E-state index contributed by atoms with van der Waals surface area (Å²) in [7, 11) is 0. The number of benzene rings is 2. The molecule has 0 atom stereocenters. The van der Waals surface area contributed by atoms with Crippen molar-refractivity contribution in [2.24, 2.45) is 0 Å². The summed E-state index contributed by atoms with van der Waals surface area (Å²) in [5.41, 5.74) is 3.25. The molecule has 1 saturated heterocycles. The van der Waals surface area contributed by atoms with Crippen LogP contribution in [0.25, 0.3) is 0 Å². The molecule has 1 aliphatic rings. The summed E-state index contributed by atoms with van der Waals surface area (Å²) >= 11 is 5.99. The van der Waals surface area contributed by atoms with Crippen molar-refractivity contribution in [3.8, 4) is 0 Å². The molecule has 2 aromatic rings.